The molecule has 0 saturated carbocycles. The smallest absolute Gasteiger partial charge is 0.249 e. The molecule has 0 aliphatic heterocycles. The van der Waals surface area contributed by atoms with Crippen molar-refractivity contribution in [1.82, 2.24) is 9.55 Å². The van der Waals surface area contributed by atoms with Crippen LogP contribution in [0.2, 0.25) is 0 Å². The standard InChI is InChI=1S/C14H18N4O2S2/c1-21-7-4-11(18-5-2-3-6-18)13(20)17-14-16-10(9-22-14)8-12(15)19/h2-3,5-6,9,11H,4,7-8H2,1H3,(H2,15,19)(H,16,17,20)/t11-/m0/s1. The van der Waals surface area contributed by atoms with Crippen LogP contribution in [-0.2, 0) is 16.0 Å². The summed E-state index contributed by atoms with van der Waals surface area (Å²) in [5.41, 5.74) is 5.71. The van der Waals surface area contributed by atoms with Crippen molar-refractivity contribution in [2.75, 3.05) is 17.3 Å². The van der Waals surface area contributed by atoms with Crippen molar-refractivity contribution in [1.29, 1.82) is 0 Å². The first kappa shape index (κ1) is 16.6. The van der Waals surface area contributed by atoms with E-state index in [2.05, 4.69) is 10.3 Å². The molecule has 6 nitrogen and oxygen atoms in total. The molecule has 0 bridgehead atoms. The maximum absolute atomic E-state index is 12.5. The Hall–Kier alpha value is -1.80. The van der Waals surface area contributed by atoms with Gasteiger partial charge in [-0.05, 0) is 30.6 Å². The predicted octanol–water partition coefficient (Wildman–Crippen LogP) is 1.91. The number of nitrogens with two attached hydrogens (primary N) is 1. The monoisotopic (exact) mass is 338 g/mol. The summed E-state index contributed by atoms with van der Waals surface area (Å²) >= 11 is 3.00. The lowest BCUT2D eigenvalue weighted by Gasteiger charge is -2.17. The van der Waals surface area contributed by atoms with E-state index in [9.17, 15) is 9.59 Å². The lowest BCUT2D eigenvalue weighted by Crippen LogP contribution is -2.26. The summed E-state index contributed by atoms with van der Waals surface area (Å²) in [5.74, 6) is 0.347. The molecular weight excluding hydrogens is 320 g/mol. The first-order chi connectivity index (χ1) is 10.6. The van der Waals surface area contributed by atoms with Crippen molar-refractivity contribution < 1.29 is 9.59 Å². The molecule has 3 N–H and O–H groups in total. The van der Waals surface area contributed by atoms with Gasteiger partial charge in [-0.3, -0.25) is 9.59 Å². The SMILES string of the molecule is CSCC[C@@H](C(=O)Nc1nc(CC(N)=O)cs1)n1cccc1. The molecule has 2 amide bonds. The van der Waals surface area contributed by atoms with Crippen molar-refractivity contribution in [3.05, 3.63) is 35.6 Å². The average molecular weight is 338 g/mol. The molecule has 8 heteroatoms. The number of nitrogens with zero attached hydrogens (tertiary/aromatic N) is 2. The van der Waals surface area contributed by atoms with Crippen LogP contribution in [0, 0.1) is 0 Å². The zero-order chi connectivity index (χ0) is 15.9. The molecule has 0 radical (unpaired) electrons. The van der Waals surface area contributed by atoms with Gasteiger partial charge in [-0.15, -0.1) is 11.3 Å². The summed E-state index contributed by atoms with van der Waals surface area (Å²) in [4.78, 5) is 27.6. The van der Waals surface area contributed by atoms with Gasteiger partial charge in [-0.1, -0.05) is 0 Å². The Labute approximate surface area is 137 Å². The van der Waals surface area contributed by atoms with Gasteiger partial charge in [0.05, 0.1) is 12.1 Å². The maximum atomic E-state index is 12.5. The van der Waals surface area contributed by atoms with Crippen LogP contribution in [0.5, 0.6) is 0 Å². The fourth-order valence-corrected chi connectivity index (χ4v) is 3.19. The second-order valence-corrected chi connectivity index (χ2v) is 6.55. The fraction of sp³-hybridized carbons (Fsp3) is 0.357. The number of nitrogens with one attached hydrogen (secondary N) is 1. The summed E-state index contributed by atoms with van der Waals surface area (Å²) in [5, 5.41) is 5.04. The highest BCUT2D eigenvalue weighted by Crippen LogP contribution is 2.20. The highest BCUT2D eigenvalue weighted by atomic mass is 32.2. The van der Waals surface area contributed by atoms with Crippen molar-refractivity contribution in [2.45, 2.75) is 18.9 Å². The van der Waals surface area contributed by atoms with Crippen LogP contribution in [0.1, 0.15) is 18.2 Å². The minimum atomic E-state index is -0.437. The van der Waals surface area contributed by atoms with E-state index in [0.29, 0.717) is 10.8 Å². The van der Waals surface area contributed by atoms with Crippen molar-refractivity contribution >= 4 is 40.0 Å². The Balaban J connectivity index is 2.04. The quantitative estimate of drug-likeness (QED) is 0.769. The summed E-state index contributed by atoms with van der Waals surface area (Å²) < 4.78 is 1.89. The van der Waals surface area contributed by atoms with Crippen LogP contribution < -0.4 is 11.1 Å². The van der Waals surface area contributed by atoms with E-state index in [-0.39, 0.29) is 18.4 Å². The lowest BCUT2D eigenvalue weighted by atomic mass is 10.2. The van der Waals surface area contributed by atoms with Crippen LogP contribution in [0.3, 0.4) is 0 Å². The van der Waals surface area contributed by atoms with Gasteiger partial charge >= 0.3 is 0 Å². The molecule has 0 spiro atoms. The molecular formula is C14H18N4O2S2. The third kappa shape index (κ3) is 4.60. The molecule has 22 heavy (non-hydrogen) atoms. The van der Waals surface area contributed by atoms with Crippen LogP contribution in [0.25, 0.3) is 0 Å². The van der Waals surface area contributed by atoms with Gasteiger partial charge in [0, 0.05) is 17.8 Å². The van der Waals surface area contributed by atoms with Gasteiger partial charge in [0.25, 0.3) is 0 Å². The number of anilines is 1. The Bertz CT molecular complexity index is 625. The average Bonchev–Trinajstić information content (AvgIpc) is 3.11. The van der Waals surface area contributed by atoms with E-state index < -0.39 is 5.91 Å². The largest absolute Gasteiger partial charge is 0.369 e. The first-order valence-electron chi connectivity index (χ1n) is 6.75. The number of thiazole rings is 1. The zero-order valence-corrected chi connectivity index (χ0v) is 13.8. The molecule has 2 rings (SSSR count). The summed E-state index contributed by atoms with van der Waals surface area (Å²) in [7, 11) is 0. The van der Waals surface area contributed by atoms with Crippen LogP contribution in [-0.4, -0.2) is 33.4 Å². The minimum Gasteiger partial charge on any atom is -0.369 e. The normalized spacial score (nSPS) is 12.0. The van der Waals surface area contributed by atoms with Gasteiger partial charge < -0.3 is 15.6 Å². The number of rotatable bonds is 8. The van der Waals surface area contributed by atoms with Gasteiger partial charge in [-0.2, -0.15) is 11.8 Å². The number of hydrogen-bond donors (Lipinski definition) is 2. The topological polar surface area (TPSA) is 90.0 Å². The highest BCUT2D eigenvalue weighted by molar-refractivity contribution is 7.98. The molecule has 2 aromatic rings. The molecule has 0 aliphatic carbocycles. The molecule has 1 atom stereocenters. The zero-order valence-electron chi connectivity index (χ0n) is 12.2. The Morgan fingerprint density at radius 3 is 2.82 bits per heavy atom. The van der Waals surface area contributed by atoms with E-state index >= 15 is 0 Å². The molecule has 0 aromatic carbocycles. The van der Waals surface area contributed by atoms with Crippen LogP contribution >= 0.6 is 23.1 Å². The molecule has 2 aromatic heterocycles. The third-order valence-corrected chi connectivity index (χ3v) is 4.47. The Kier molecular flexibility index (Phi) is 6.02. The van der Waals surface area contributed by atoms with Crippen LogP contribution in [0.15, 0.2) is 29.9 Å². The molecule has 0 fully saturated rings. The van der Waals surface area contributed by atoms with Crippen molar-refractivity contribution in [2.24, 2.45) is 5.73 Å². The second-order valence-electron chi connectivity index (χ2n) is 4.70. The number of primary amides is 1. The van der Waals surface area contributed by atoms with Gasteiger partial charge in [0.15, 0.2) is 5.13 Å². The predicted molar refractivity (Wildman–Crippen MR) is 90.1 cm³/mol. The number of aromatic nitrogens is 2. The molecule has 0 unspecified atom stereocenters. The maximum Gasteiger partial charge on any atom is 0.249 e. The Morgan fingerprint density at radius 2 is 2.18 bits per heavy atom. The lowest BCUT2D eigenvalue weighted by molar-refractivity contribution is -0.119. The number of carbonyl (C=O) groups is 2. The summed E-state index contributed by atoms with van der Waals surface area (Å²) in [6.45, 7) is 0. The second kappa shape index (κ2) is 8.00. The summed E-state index contributed by atoms with van der Waals surface area (Å²) in [6.07, 6.45) is 6.60. The van der Waals surface area contributed by atoms with Crippen molar-refractivity contribution in [3.63, 3.8) is 0 Å². The number of thioether (sulfide) groups is 1. The van der Waals surface area contributed by atoms with Gasteiger partial charge in [-0.25, -0.2) is 4.98 Å². The number of carbonyl (C=O) groups excluding carboxylic acids is 2. The van der Waals surface area contributed by atoms with E-state index in [1.165, 1.54) is 11.3 Å². The van der Waals surface area contributed by atoms with E-state index in [1.807, 2.05) is 35.3 Å². The summed E-state index contributed by atoms with van der Waals surface area (Å²) in [6, 6.07) is 3.52. The Morgan fingerprint density at radius 1 is 1.45 bits per heavy atom. The third-order valence-electron chi connectivity index (χ3n) is 3.02. The van der Waals surface area contributed by atoms with Gasteiger partial charge in [0.2, 0.25) is 11.8 Å². The molecule has 0 aliphatic rings. The molecule has 118 valence electrons. The number of amides is 2. The van der Waals surface area contributed by atoms with E-state index in [0.717, 1.165) is 12.2 Å². The van der Waals surface area contributed by atoms with Crippen LogP contribution in [0.4, 0.5) is 5.13 Å². The van der Waals surface area contributed by atoms with Gasteiger partial charge in [0.1, 0.15) is 6.04 Å². The van der Waals surface area contributed by atoms with E-state index in [1.54, 1.807) is 17.1 Å². The first-order valence-corrected chi connectivity index (χ1v) is 9.02. The number of hydrogen-bond acceptors (Lipinski definition) is 5. The van der Waals surface area contributed by atoms with E-state index in [4.69, 9.17) is 5.73 Å². The highest BCUT2D eigenvalue weighted by Gasteiger charge is 2.20. The fourth-order valence-electron chi connectivity index (χ4n) is 2.01. The minimum absolute atomic E-state index is 0.0832. The molecule has 0 saturated heterocycles. The van der Waals surface area contributed by atoms with Crippen molar-refractivity contribution in [3.8, 4) is 0 Å². The molecule has 2 heterocycles.